The number of allylic oxidation sites excluding steroid dienone is 4. The monoisotopic (exact) mass is 745 g/mol. The molecule has 11 rings (SSSR count). The second-order valence-corrected chi connectivity index (χ2v) is 15.8. The van der Waals surface area contributed by atoms with Gasteiger partial charge in [-0.25, -0.2) is 15.0 Å². The quantitative estimate of drug-likeness (QED) is 0.159. The van der Waals surface area contributed by atoms with E-state index in [-0.39, 0.29) is 0 Å². The normalized spacial score (nSPS) is 13.0. The molecule has 0 atom stereocenters. The molecule has 1 aliphatic carbocycles. The van der Waals surface area contributed by atoms with Crippen molar-refractivity contribution in [3.63, 3.8) is 0 Å². The molecule has 3 aromatic heterocycles. The summed E-state index contributed by atoms with van der Waals surface area (Å²) in [6.45, 7) is 0. The zero-order chi connectivity index (χ0) is 37.7. The van der Waals surface area contributed by atoms with Gasteiger partial charge in [-0.1, -0.05) is 158 Å². The Morgan fingerprint density at radius 2 is 0.930 bits per heavy atom. The molecule has 0 spiro atoms. The maximum Gasteiger partial charge on any atom is 0.160 e. The van der Waals surface area contributed by atoms with Crippen molar-refractivity contribution in [2.75, 3.05) is 0 Å². The van der Waals surface area contributed by atoms with Crippen LogP contribution in [0, 0.1) is 0 Å². The van der Waals surface area contributed by atoms with Gasteiger partial charge < -0.3 is 0 Å². The summed E-state index contributed by atoms with van der Waals surface area (Å²) < 4.78 is 2.62. The Labute approximate surface area is 335 Å². The molecule has 10 aromatic rings. The van der Waals surface area contributed by atoms with Crippen LogP contribution in [0.5, 0.6) is 0 Å². The van der Waals surface area contributed by atoms with Crippen LogP contribution in [-0.4, -0.2) is 15.0 Å². The van der Waals surface area contributed by atoms with Crippen molar-refractivity contribution in [2.24, 2.45) is 0 Å². The Kier molecular flexibility index (Phi) is 8.15. The van der Waals surface area contributed by atoms with Gasteiger partial charge >= 0.3 is 0 Å². The molecule has 0 fully saturated rings. The van der Waals surface area contributed by atoms with Crippen LogP contribution >= 0.6 is 11.3 Å². The molecule has 4 heteroatoms. The number of para-hydroxylation sites is 1. The van der Waals surface area contributed by atoms with Crippen molar-refractivity contribution in [2.45, 2.75) is 12.8 Å². The molecule has 268 valence electrons. The summed E-state index contributed by atoms with van der Waals surface area (Å²) in [6, 6.07) is 62.4. The summed E-state index contributed by atoms with van der Waals surface area (Å²) >= 11 is 1.88. The molecule has 7 aromatic carbocycles. The fourth-order valence-electron chi connectivity index (χ4n) is 8.37. The fraction of sp³-hybridized carbons (Fsp3) is 0.0377. The highest BCUT2D eigenvalue weighted by Gasteiger charge is 2.18. The second kappa shape index (κ2) is 13.9. The Balaban J connectivity index is 0.948. The average Bonchev–Trinajstić information content (AvgIpc) is 3.68. The highest BCUT2D eigenvalue weighted by molar-refractivity contribution is 7.26. The van der Waals surface area contributed by atoms with E-state index in [2.05, 4.69) is 164 Å². The van der Waals surface area contributed by atoms with Crippen LogP contribution in [0.4, 0.5) is 0 Å². The van der Waals surface area contributed by atoms with Crippen LogP contribution in [0.15, 0.2) is 188 Å². The van der Waals surface area contributed by atoms with Gasteiger partial charge in [0.15, 0.2) is 5.82 Å². The Morgan fingerprint density at radius 3 is 1.63 bits per heavy atom. The number of hydrogen-bond acceptors (Lipinski definition) is 4. The highest BCUT2D eigenvalue weighted by atomic mass is 32.1. The standard InChI is InChI=1S/C53H35N3S/c1-4-12-37(13-5-1)46-33-47(56-53(55-46)40-16-8-3-9-17-40)38-26-24-35(25-27-38)34-20-22-36(23-21-34)41-28-30-48-44(32-41)51-49(57-48)31-29-43-50(51)42-18-10-11-19-45(42)54-52(43)39-14-6-2-7-15-39/h1-20,22,24-33H,21,23H2. The number of fused-ring (bicyclic) bond motifs is 7. The summed E-state index contributed by atoms with van der Waals surface area (Å²) in [5.41, 5.74) is 13.4. The van der Waals surface area contributed by atoms with Crippen molar-refractivity contribution in [3.8, 4) is 45.2 Å². The van der Waals surface area contributed by atoms with E-state index in [1.807, 2.05) is 35.6 Å². The van der Waals surface area contributed by atoms with Crippen molar-refractivity contribution in [1.82, 2.24) is 15.0 Å². The first-order valence-electron chi connectivity index (χ1n) is 19.5. The van der Waals surface area contributed by atoms with Gasteiger partial charge in [0.05, 0.1) is 22.6 Å². The summed E-state index contributed by atoms with van der Waals surface area (Å²) in [5.74, 6) is 0.729. The zero-order valence-electron chi connectivity index (χ0n) is 31.1. The van der Waals surface area contributed by atoms with Gasteiger partial charge in [0.2, 0.25) is 0 Å². The van der Waals surface area contributed by atoms with Crippen LogP contribution in [0.25, 0.3) is 98.2 Å². The van der Waals surface area contributed by atoms with Gasteiger partial charge in [0.25, 0.3) is 0 Å². The minimum Gasteiger partial charge on any atom is -0.247 e. The molecule has 3 nitrogen and oxygen atoms in total. The first-order valence-corrected chi connectivity index (χ1v) is 20.3. The topological polar surface area (TPSA) is 38.7 Å². The third-order valence-corrected chi connectivity index (χ3v) is 12.4. The first kappa shape index (κ1) is 33.3. The van der Waals surface area contributed by atoms with Crippen molar-refractivity contribution < 1.29 is 0 Å². The number of hydrogen-bond donors (Lipinski definition) is 0. The number of benzene rings is 7. The van der Waals surface area contributed by atoms with E-state index in [4.69, 9.17) is 15.0 Å². The lowest BCUT2D eigenvalue weighted by molar-refractivity contribution is 1.07. The van der Waals surface area contributed by atoms with E-state index >= 15 is 0 Å². The molecular weight excluding hydrogens is 711 g/mol. The molecule has 0 unspecified atom stereocenters. The molecule has 1 aliphatic rings. The summed E-state index contributed by atoms with van der Waals surface area (Å²) in [5, 5.41) is 6.33. The SMILES string of the molecule is C1=C(c2ccc(-c3cc(-c4ccccc4)nc(-c4ccccc4)n3)cc2)CCC(c2ccc3sc4ccc5c(-c6ccccc6)nc6ccccc6c5c4c3c2)=C1. The number of nitrogens with zero attached hydrogens (tertiary/aromatic N) is 3. The largest absolute Gasteiger partial charge is 0.247 e. The van der Waals surface area contributed by atoms with Crippen LogP contribution in [0.2, 0.25) is 0 Å². The molecule has 3 heterocycles. The average molecular weight is 746 g/mol. The minimum absolute atomic E-state index is 0.729. The third-order valence-electron chi connectivity index (χ3n) is 11.2. The van der Waals surface area contributed by atoms with Gasteiger partial charge in [-0.2, -0.15) is 0 Å². The maximum absolute atomic E-state index is 5.20. The van der Waals surface area contributed by atoms with Crippen molar-refractivity contribution in [3.05, 3.63) is 199 Å². The second-order valence-electron chi connectivity index (χ2n) is 14.7. The molecular formula is C53H35N3S. The van der Waals surface area contributed by atoms with Crippen LogP contribution in [-0.2, 0) is 0 Å². The Morgan fingerprint density at radius 1 is 0.368 bits per heavy atom. The van der Waals surface area contributed by atoms with Crippen molar-refractivity contribution in [1.29, 1.82) is 0 Å². The number of thiophene rings is 1. The smallest absolute Gasteiger partial charge is 0.160 e. The van der Waals surface area contributed by atoms with E-state index in [1.165, 1.54) is 58.6 Å². The number of rotatable bonds is 6. The molecule has 0 aliphatic heterocycles. The van der Waals surface area contributed by atoms with Crippen LogP contribution in [0.3, 0.4) is 0 Å². The molecule has 0 amide bonds. The molecule has 57 heavy (non-hydrogen) atoms. The van der Waals surface area contributed by atoms with E-state index < -0.39 is 0 Å². The summed E-state index contributed by atoms with van der Waals surface area (Å²) in [4.78, 5) is 15.2. The van der Waals surface area contributed by atoms with Gasteiger partial charge in [-0.15, -0.1) is 11.3 Å². The Bertz CT molecular complexity index is 3140. The Hall–Kier alpha value is -7.01. The fourth-order valence-corrected chi connectivity index (χ4v) is 9.46. The van der Waals surface area contributed by atoms with Gasteiger partial charge in [-0.3, -0.25) is 0 Å². The molecule has 0 saturated heterocycles. The molecule has 0 radical (unpaired) electrons. The lowest BCUT2D eigenvalue weighted by Gasteiger charge is -2.16. The van der Waals surface area contributed by atoms with Crippen LogP contribution < -0.4 is 0 Å². The zero-order valence-corrected chi connectivity index (χ0v) is 31.9. The van der Waals surface area contributed by atoms with Crippen LogP contribution in [0.1, 0.15) is 24.0 Å². The predicted octanol–water partition coefficient (Wildman–Crippen LogP) is 14.5. The predicted molar refractivity (Wildman–Crippen MR) is 241 cm³/mol. The lowest BCUT2D eigenvalue weighted by Crippen LogP contribution is -1.96. The van der Waals surface area contributed by atoms with Crippen molar-refractivity contribution >= 4 is 64.3 Å². The minimum atomic E-state index is 0.729. The first-order chi connectivity index (χ1) is 28.2. The highest BCUT2D eigenvalue weighted by Crippen LogP contribution is 2.44. The summed E-state index contributed by atoms with van der Waals surface area (Å²) in [7, 11) is 0. The van der Waals surface area contributed by atoms with E-state index in [0.29, 0.717) is 0 Å². The number of aromatic nitrogens is 3. The molecule has 0 bridgehead atoms. The summed E-state index contributed by atoms with van der Waals surface area (Å²) in [6.07, 6.45) is 6.61. The van der Waals surface area contributed by atoms with Gasteiger partial charge in [0, 0.05) is 58.6 Å². The number of pyridine rings is 1. The van der Waals surface area contributed by atoms with E-state index in [0.717, 1.165) is 63.5 Å². The molecule has 0 N–H and O–H groups in total. The molecule has 0 saturated carbocycles. The van der Waals surface area contributed by atoms with E-state index in [1.54, 1.807) is 0 Å². The lowest BCUT2D eigenvalue weighted by atomic mass is 9.89. The van der Waals surface area contributed by atoms with Gasteiger partial charge in [-0.05, 0) is 65.4 Å². The van der Waals surface area contributed by atoms with E-state index in [9.17, 15) is 0 Å². The third kappa shape index (κ3) is 6.03. The maximum atomic E-state index is 5.20. The van der Waals surface area contributed by atoms with Gasteiger partial charge in [0.1, 0.15) is 0 Å².